The Morgan fingerprint density at radius 1 is 1.36 bits per heavy atom. The summed E-state index contributed by atoms with van der Waals surface area (Å²) in [6.45, 7) is 1.51. The van der Waals surface area contributed by atoms with E-state index in [1.165, 1.54) is 13.0 Å². The van der Waals surface area contributed by atoms with Crippen molar-refractivity contribution in [3.8, 4) is 6.07 Å². The molecule has 1 saturated carbocycles. The molecule has 0 saturated heterocycles. The van der Waals surface area contributed by atoms with Gasteiger partial charge in [-0.3, -0.25) is 4.79 Å². The van der Waals surface area contributed by atoms with Gasteiger partial charge in [-0.25, -0.2) is 4.79 Å². The molecular formula is C19H21BrN2O3. The average Bonchev–Trinajstić information content (AvgIpc) is 2.60. The second kappa shape index (κ2) is 8.82. The summed E-state index contributed by atoms with van der Waals surface area (Å²) in [5.41, 5.74) is 0.0105. The summed E-state index contributed by atoms with van der Waals surface area (Å²) in [7, 11) is 0. The fourth-order valence-corrected chi connectivity index (χ4v) is 3.22. The molecule has 6 heteroatoms. The molecule has 1 aliphatic carbocycles. The van der Waals surface area contributed by atoms with Crippen LogP contribution in [0.4, 0.5) is 0 Å². The van der Waals surface area contributed by atoms with Crippen molar-refractivity contribution in [3.05, 3.63) is 40.4 Å². The second-order valence-electron chi connectivity index (χ2n) is 6.21. The van der Waals surface area contributed by atoms with Gasteiger partial charge >= 0.3 is 5.97 Å². The van der Waals surface area contributed by atoms with Gasteiger partial charge in [-0.05, 0) is 43.5 Å². The Kier molecular flexibility index (Phi) is 6.77. The molecule has 1 fully saturated rings. The third-order valence-electron chi connectivity index (χ3n) is 4.21. The summed E-state index contributed by atoms with van der Waals surface area (Å²) in [5.74, 6) is -1.04. The molecule has 1 aromatic carbocycles. The molecule has 2 rings (SSSR count). The van der Waals surface area contributed by atoms with Crippen LogP contribution in [-0.4, -0.2) is 23.5 Å². The normalized spacial score (nSPS) is 17.5. The van der Waals surface area contributed by atoms with Gasteiger partial charge in [-0.15, -0.1) is 0 Å². The predicted octanol–water partition coefficient (Wildman–Crippen LogP) is 3.74. The molecule has 0 radical (unpaired) electrons. The number of hydrogen-bond donors (Lipinski definition) is 1. The zero-order valence-electron chi connectivity index (χ0n) is 14.1. The molecule has 0 spiro atoms. The third kappa shape index (κ3) is 5.71. The number of nitrogens with one attached hydrogen (secondary N) is 1. The van der Waals surface area contributed by atoms with Gasteiger partial charge in [0.15, 0.2) is 6.10 Å². The van der Waals surface area contributed by atoms with E-state index < -0.39 is 23.5 Å². The zero-order chi connectivity index (χ0) is 18.3. The van der Waals surface area contributed by atoms with E-state index in [0.717, 1.165) is 29.3 Å². The number of carbonyl (C=O) groups excluding carboxylic acids is 2. The van der Waals surface area contributed by atoms with Gasteiger partial charge in [-0.1, -0.05) is 47.3 Å². The maximum absolute atomic E-state index is 12.3. The summed E-state index contributed by atoms with van der Waals surface area (Å²) < 4.78 is 6.04. The molecule has 132 valence electrons. The van der Waals surface area contributed by atoms with Crippen molar-refractivity contribution in [2.75, 3.05) is 0 Å². The van der Waals surface area contributed by atoms with E-state index in [1.807, 2.05) is 24.3 Å². The Balaban J connectivity index is 1.89. The van der Waals surface area contributed by atoms with Crippen molar-refractivity contribution in [3.63, 3.8) is 0 Å². The van der Waals surface area contributed by atoms with Crippen LogP contribution in [0, 0.1) is 11.3 Å². The van der Waals surface area contributed by atoms with Gasteiger partial charge in [0.25, 0.3) is 5.91 Å². The third-order valence-corrected chi connectivity index (χ3v) is 4.70. The van der Waals surface area contributed by atoms with Crippen LogP contribution < -0.4 is 5.32 Å². The maximum atomic E-state index is 12.3. The lowest BCUT2D eigenvalue weighted by atomic mass is 9.83. The monoisotopic (exact) mass is 404 g/mol. The Bertz CT molecular complexity index is 703. The lowest BCUT2D eigenvalue weighted by Crippen LogP contribution is -2.52. The number of amides is 1. The molecule has 0 bridgehead atoms. The molecular weight excluding hydrogens is 384 g/mol. The van der Waals surface area contributed by atoms with E-state index in [1.54, 1.807) is 6.08 Å². The highest BCUT2D eigenvalue weighted by molar-refractivity contribution is 9.10. The highest BCUT2D eigenvalue weighted by Gasteiger charge is 2.35. The largest absolute Gasteiger partial charge is 0.449 e. The van der Waals surface area contributed by atoms with E-state index in [-0.39, 0.29) is 0 Å². The molecule has 25 heavy (non-hydrogen) atoms. The highest BCUT2D eigenvalue weighted by atomic mass is 79.9. The molecule has 1 atom stereocenters. The summed E-state index contributed by atoms with van der Waals surface area (Å²) in [5, 5.41) is 12.2. The smallest absolute Gasteiger partial charge is 0.331 e. The zero-order valence-corrected chi connectivity index (χ0v) is 15.7. The van der Waals surface area contributed by atoms with Crippen LogP contribution in [-0.2, 0) is 14.3 Å². The summed E-state index contributed by atoms with van der Waals surface area (Å²) in [4.78, 5) is 24.2. The van der Waals surface area contributed by atoms with E-state index >= 15 is 0 Å². The van der Waals surface area contributed by atoms with Crippen molar-refractivity contribution in [1.82, 2.24) is 5.32 Å². The van der Waals surface area contributed by atoms with E-state index in [9.17, 15) is 14.9 Å². The summed E-state index contributed by atoms with van der Waals surface area (Å²) >= 11 is 3.36. The number of nitrogens with zero attached hydrogens (tertiary/aromatic N) is 1. The van der Waals surface area contributed by atoms with Crippen LogP contribution in [0.2, 0.25) is 0 Å². The first-order chi connectivity index (χ1) is 11.9. The Morgan fingerprint density at radius 2 is 2.08 bits per heavy atom. The molecule has 1 aromatic rings. The van der Waals surface area contributed by atoms with Crippen molar-refractivity contribution in [2.45, 2.75) is 50.7 Å². The van der Waals surface area contributed by atoms with Crippen LogP contribution in [0.1, 0.15) is 44.6 Å². The molecule has 1 amide bonds. The number of nitriles is 1. The quantitative estimate of drug-likeness (QED) is 0.598. The number of benzene rings is 1. The summed E-state index contributed by atoms with van der Waals surface area (Å²) in [6.07, 6.45) is 6.13. The molecule has 0 unspecified atom stereocenters. The van der Waals surface area contributed by atoms with Gasteiger partial charge < -0.3 is 10.1 Å². The summed E-state index contributed by atoms with van der Waals surface area (Å²) in [6, 6.07) is 9.68. The van der Waals surface area contributed by atoms with Crippen LogP contribution in [0.3, 0.4) is 0 Å². The molecule has 5 nitrogen and oxygen atoms in total. The van der Waals surface area contributed by atoms with Gasteiger partial charge in [0.05, 0.1) is 6.07 Å². The SMILES string of the molecule is C[C@@H](OC(=O)/C=C/c1cccc(Br)c1)C(=O)NC1(C#N)CCCCC1. The molecule has 0 aliphatic heterocycles. The van der Waals surface area contributed by atoms with Crippen molar-refractivity contribution in [1.29, 1.82) is 5.26 Å². The average molecular weight is 405 g/mol. The minimum absolute atomic E-state index is 0.437. The van der Waals surface area contributed by atoms with Crippen LogP contribution in [0.5, 0.6) is 0 Å². The first-order valence-electron chi connectivity index (χ1n) is 8.32. The topological polar surface area (TPSA) is 79.2 Å². The van der Waals surface area contributed by atoms with Crippen LogP contribution in [0.25, 0.3) is 6.08 Å². The number of rotatable bonds is 5. The van der Waals surface area contributed by atoms with E-state index in [0.29, 0.717) is 12.8 Å². The molecule has 0 heterocycles. The maximum Gasteiger partial charge on any atom is 0.331 e. The van der Waals surface area contributed by atoms with Gasteiger partial charge in [-0.2, -0.15) is 5.26 Å². The number of halogens is 1. The molecule has 1 aliphatic rings. The first-order valence-corrected chi connectivity index (χ1v) is 9.11. The van der Waals surface area contributed by atoms with E-state index in [4.69, 9.17) is 4.74 Å². The van der Waals surface area contributed by atoms with E-state index in [2.05, 4.69) is 27.3 Å². The Labute approximate surface area is 156 Å². The number of esters is 1. The van der Waals surface area contributed by atoms with Gasteiger partial charge in [0, 0.05) is 10.5 Å². The minimum atomic E-state index is -0.952. The lowest BCUT2D eigenvalue weighted by Gasteiger charge is -2.32. The number of ether oxygens (including phenoxy) is 1. The Hall–Kier alpha value is -2.13. The fourth-order valence-electron chi connectivity index (χ4n) is 2.80. The number of carbonyl (C=O) groups is 2. The van der Waals surface area contributed by atoms with Gasteiger partial charge in [0.2, 0.25) is 0 Å². The van der Waals surface area contributed by atoms with Crippen LogP contribution in [0.15, 0.2) is 34.8 Å². The van der Waals surface area contributed by atoms with Crippen molar-refractivity contribution < 1.29 is 14.3 Å². The number of hydrogen-bond acceptors (Lipinski definition) is 4. The van der Waals surface area contributed by atoms with Crippen molar-refractivity contribution in [2.24, 2.45) is 0 Å². The lowest BCUT2D eigenvalue weighted by molar-refractivity contribution is -0.150. The highest BCUT2D eigenvalue weighted by Crippen LogP contribution is 2.27. The Morgan fingerprint density at radius 3 is 2.72 bits per heavy atom. The first kappa shape index (κ1) is 19.2. The standard InChI is InChI=1S/C19H21BrN2O3/c1-14(18(24)22-19(13-21)10-3-2-4-11-19)25-17(23)9-8-15-6-5-7-16(20)12-15/h5-9,12,14H,2-4,10-11H2,1H3,(H,22,24)/b9-8+/t14-/m1/s1. The predicted molar refractivity (Wildman–Crippen MR) is 98.3 cm³/mol. The molecule has 1 N–H and O–H groups in total. The van der Waals surface area contributed by atoms with Crippen molar-refractivity contribution >= 4 is 33.9 Å². The molecule has 0 aromatic heterocycles. The van der Waals surface area contributed by atoms with Gasteiger partial charge in [0.1, 0.15) is 5.54 Å². The fraction of sp³-hybridized carbons (Fsp3) is 0.421. The second-order valence-corrected chi connectivity index (χ2v) is 7.13. The van der Waals surface area contributed by atoms with Crippen LogP contribution >= 0.6 is 15.9 Å². The minimum Gasteiger partial charge on any atom is -0.449 e.